The van der Waals surface area contributed by atoms with Gasteiger partial charge in [-0.2, -0.15) is 0 Å². The molecular weight excluding hydrogens is 344 g/mol. The number of benzene rings is 2. The first-order valence-corrected chi connectivity index (χ1v) is 8.49. The largest absolute Gasteiger partial charge is 0.452 e. The third-order valence-electron chi connectivity index (χ3n) is 3.32. The van der Waals surface area contributed by atoms with Crippen LogP contribution in [0.4, 0.5) is 11.4 Å². The number of thioether (sulfide) groups is 1. The van der Waals surface area contributed by atoms with Crippen molar-refractivity contribution >= 4 is 35.0 Å². The minimum atomic E-state index is -0.717. The number of aryl methyl sites for hydroxylation is 1. The molecule has 0 fully saturated rings. The average Bonchev–Trinajstić information content (AvgIpc) is 2.59. The number of nitrogens with one attached hydrogen (secondary N) is 1. The van der Waals surface area contributed by atoms with E-state index in [4.69, 9.17) is 4.74 Å². The number of esters is 1. The Kier molecular flexibility index (Phi) is 6.13. The van der Waals surface area contributed by atoms with Crippen LogP contribution in [0.25, 0.3) is 0 Å². The highest BCUT2D eigenvalue weighted by Gasteiger charge is 2.15. The van der Waals surface area contributed by atoms with Crippen molar-refractivity contribution in [2.75, 3.05) is 18.2 Å². The fourth-order valence-electron chi connectivity index (χ4n) is 2.10. The van der Waals surface area contributed by atoms with Crippen LogP contribution in [-0.4, -0.2) is 29.7 Å². The van der Waals surface area contributed by atoms with Crippen LogP contribution < -0.4 is 5.32 Å². The van der Waals surface area contributed by atoms with E-state index in [0.717, 1.165) is 4.90 Å². The van der Waals surface area contributed by atoms with Gasteiger partial charge in [0.15, 0.2) is 6.61 Å². The van der Waals surface area contributed by atoms with E-state index in [9.17, 15) is 19.7 Å². The number of ether oxygens (including phenoxy) is 1. The van der Waals surface area contributed by atoms with Crippen molar-refractivity contribution in [3.05, 3.63) is 63.7 Å². The molecule has 0 bridgehead atoms. The molecule has 0 aliphatic heterocycles. The second-order valence-electron chi connectivity index (χ2n) is 5.11. The second kappa shape index (κ2) is 8.29. The molecule has 130 valence electrons. The summed E-state index contributed by atoms with van der Waals surface area (Å²) in [6, 6.07) is 11.2. The lowest BCUT2D eigenvalue weighted by molar-refractivity contribution is -0.385. The maximum atomic E-state index is 12.0. The molecule has 0 saturated heterocycles. The van der Waals surface area contributed by atoms with Gasteiger partial charge >= 0.3 is 5.97 Å². The molecule has 0 aromatic heterocycles. The lowest BCUT2D eigenvalue weighted by Crippen LogP contribution is -2.21. The maximum absolute atomic E-state index is 12.0. The third kappa shape index (κ3) is 5.05. The van der Waals surface area contributed by atoms with E-state index in [1.54, 1.807) is 17.8 Å². The van der Waals surface area contributed by atoms with Crippen molar-refractivity contribution in [3.8, 4) is 0 Å². The van der Waals surface area contributed by atoms with Gasteiger partial charge in [0.05, 0.1) is 10.5 Å². The molecule has 0 heterocycles. The molecule has 2 aromatic rings. The quantitative estimate of drug-likeness (QED) is 0.367. The first kappa shape index (κ1) is 18.5. The number of hydrogen-bond acceptors (Lipinski definition) is 6. The number of rotatable bonds is 6. The smallest absolute Gasteiger partial charge is 0.338 e. The van der Waals surface area contributed by atoms with Gasteiger partial charge in [0.25, 0.3) is 11.6 Å². The first-order chi connectivity index (χ1) is 11.9. The van der Waals surface area contributed by atoms with Crippen molar-refractivity contribution in [1.82, 2.24) is 0 Å². The Morgan fingerprint density at radius 2 is 2.00 bits per heavy atom. The molecular formula is C17H16N2O5S. The molecule has 0 aliphatic carbocycles. The first-order valence-electron chi connectivity index (χ1n) is 7.27. The van der Waals surface area contributed by atoms with Crippen LogP contribution in [0.15, 0.2) is 47.4 Å². The molecule has 25 heavy (non-hydrogen) atoms. The predicted octanol–water partition coefficient (Wildman–Crippen LogP) is 3.42. The lowest BCUT2D eigenvalue weighted by Gasteiger charge is -2.08. The summed E-state index contributed by atoms with van der Waals surface area (Å²) >= 11 is 1.55. The molecule has 1 amide bonds. The summed E-state index contributed by atoms with van der Waals surface area (Å²) in [7, 11) is 0. The van der Waals surface area contributed by atoms with E-state index >= 15 is 0 Å². The normalized spacial score (nSPS) is 10.2. The highest BCUT2D eigenvalue weighted by Crippen LogP contribution is 2.20. The molecule has 1 N–H and O–H groups in total. The van der Waals surface area contributed by atoms with Gasteiger partial charge in [-0.3, -0.25) is 14.9 Å². The fourth-order valence-corrected chi connectivity index (χ4v) is 2.56. The number of carbonyl (C=O) groups excluding carboxylic acids is 2. The fraction of sp³-hybridized carbons (Fsp3) is 0.176. The van der Waals surface area contributed by atoms with Gasteiger partial charge < -0.3 is 10.1 Å². The van der Waals surface area contributed by atoms with Crippen LogP contribution in [0.5, 0.6) is 0 Å². The highest BCUT2D eigenvalue weighted by molar-refractivity contribution is 7.98. The van der Waals surface area contributed by atoms with E-state index in [2.05, 4.69) is 5.32 Å². The molecule has 0 aliphatic rings. The average molecular weight is 360 g/mol. The van der Waals surface area contributed by atoms with Gasteiger partial charge in [0, 0.05) is 22.2 Å². The number of carbonyl (C=O) groups is 2. The number of amides is 1. The summed E-state index contributed by atoms with van der Waals surface area (Å²) in [6.07, 6.45) is 1.93. The molecule has 8 heteroatoms. The molecule has 0 unspecified atom stereocenters. The Balaban J connectivity index is 1.94. The Hall–Kier alpha value is -2.87. The molecule has 2 rings (SSSR count). The molecule has 2 aromatic carbocycles. The summed E-state index contributed by atoms with van der Waals surface area (Å²) in [4.78, 5) is 35.1. The maximum Gasteiger partial charge on any atom is 0.338 e. The number of nitrogens with zero attached hydrogens (tertiary/aromatic N) is 1. The van der Waals surface area contributed by atoms with Gasteiger partial charge in [-0.05, 0) is 43.5 Å². The molecule has 0 spiro atoms. The topological polar surface area (TPSA) is 98.5 Å². The summed E-state index contributed by atoms with van der Waals surface area (Å²) in [5.41, 5.74) is 1.03. The van der Waals surface area contributed by atoms with Crippen molar-refractivity contribution in [2.45, 2.75) is 11.8 Å². The summed E-state index contributed by atoms with van der Waals surface area (Å²) in [5, 5.41) is 13.4. The Bertz CT molecular complexity index is 822. The molecule has 0 radical (unpaired) electrons. The second-order valence-corrected chi connectivity index (χ2v) is 5.99. The number of nitro benzene ring substituents is 1. The Morgan fingerprint density at radius 1 is 1.24 bits per heavy atom. The summed E-state index contributed by atoms with van der Waals surface area (Å²) < 4.78 is 4.95. The zero-order valence-corrected chi connectivity index (χ0v) is 14.5. The van der Waals surface area contributed by atoms with Crippen molar-refractivity contribution < 1.29 is 19.2 Å². The SMILES string of the molecule is CSc1cccc(NC(=O)COC(=O)c2ccc([N+](=O)[O-])c(C)c2)c1. The highest BCUT2D eigenvalue weighted by atomic mass is 32.2. The standard InChI is InChI=1S/C17H16N2O5S/c1-11-8-12(6-7-15(11)19(22)23)17(21)24-10-16(20)18-13-4-3-5-14(9-13)25-2/h3-9H,10H2,1-2H3,(H,18,20). The van der Waals surface area contributed by atoms with Gasteiger partial charge in [0.1, 0.15) is 0 Å². The van der Waals surface area contributed by atoms with Gasteiger partial charge in [-0.25, -0.2) is 4.79 Å². The van der Waals surface area contributed by atoms with Gasteiger partial charge in [-0.15, -0.1) is 11.8 Å². The predicted molar refractivity (Wildman–Crippen MR) is 95.0 cm³/mol. The third-order valence-corrected chi connectivity index (χ3v) is 4.04. The van der Waals surface area contributed by atoms with Crippen LogP contribution in [-0.2, 0) is 9.53 Å². The Morgan fingerprint density at radius 3 is 2.64 bits per heavy atom. The minimum Gasteiger partial charge on any atom is -0.452 e. The van der Waals surface area contributed by atoms with Crippen molar-refractivity contribution in [1.29, 1.82) is 0 Å². The van der Waals surface area contributed by atoms with E-state index < -0.39 is 23.4 Å². The molecule has 0 saturated carbocycles. The zero-order valence-electron chi connectivity index (χ0n) is 13.6. The minimum absolute atomic E-state index is 0.0806. The van der Waals surface area contributed by atoms with Gasteiger partial charge in [0.2, 0.25) is 0 Å². The van der Waals surface area contributed by atoms with Crippen LogP contribution in [0, 0.1) is 17.0 Å². The number of hydrogen-bond donors (Lipinski definition) is 1. The zero-order chi connectivity index (χ0) is 18.4. The summed E-state index contributed by atoms with van der Waals surface area (Å²) in [6.45, 7) is 1.08. The van der Waals surface area contributed by atoms with Crippen LogP contribution in [0.1, 0.15) is 15.9 Å². The number of anilines is 1. The molecule has 0 atom stereocenters. The summed E-state index contributed by atoms with van der Waals surface area (Å²) in [5.74, 6) is -1.18. The van der Waals surface area contributed by atoms with Crippen LogP contribution in [0.2, 0.25) is 0 Å². The van der Waals surface area contributed by atoms with Crippen LogP contribution >= 0.6 is 11.8 Å². The molecule has 7 nitrogen and oxygen atoms in total. The van der Waals surface area contributed by atoms with Crippen molar-refractivity contribution in [3.63, 3.8) is 0 Å². The van der Waals surface area contributed by atoms with Crippen LogP contribution in [0.3, 0.4) is 0 Å². The Labute approximate surface area is 148 Å². The lowest BCUT2D eigenvalue weighted by atomic mass is 10.1. The van der Waals surface area contributed by atoms with E-state index in [0.29, 0.717) is 11.3 Å². The number of nitro groups is 1. The van der Waals surface area contributed by atoms with Gasteiger partial charge in [-0.1, -0.05) is 6.07 Å². The van der Waals surface area contributed by atoms with E-state index in [1.807, 2.05) is 24.5 Å². The van der Waals surface area contributed by atoms with E-state index in [1.165, 1.54) is 25.1 Å². The monoisotopic (exact) mass is 360 g/mol. The van der Waals surface area contributed by atoms with Crippen molar-refractivity contribution in [2.24, 2.45) is 0 Å². The van der Waals surface area contributed by atoms with E-state index in [-0.39, 0.29) is 11.3 Å².